The van der Waals surface area contributed by atoms with Crippen LogP contribution in [-0.2, 0) is 4.79 Å². The summed E-state index contributed by atoms with van der Waals surface area (Å²) in [4.78, 5) is 20.4. The smallest absolute Gasteiger partial charge is 0.240 e. The summed E-state index contributed by atoms with van der Waals surface area (Å²) in [5.41, 5.74) is 2.15. The molecule has 7 heteroatoms. The van der Waals surface area contributed by atoms with Crippen molar-refractivity contribution in [3.05, 3.63) is 41.4 Å². The first kappa shape index (κ1) is 20.5. The summed E-state index contributed by atoms with van der Waals surface area (Å²) >= 11 is 0. The molecule has 1 spiro atoms. The Labute approximate surface area is 183 Å². The van der Waals surface area contributed by atoms with E-state index in [9.17, 15) is 9.18 Å². The number of guanidine groups is 1. The number of nitrogens with one attached hydrogen (secondary N) is 3. The van der Waals surface area contributed by atoms with Crippen molar-refractivity contribution < 1.29 is 9.18 Å². The van der Waals surface area contributed by atoms with Crippen molar-refractivity contribution >= 4 is 17.6 Å². The topological polar surface area (TPSA) is 68.8 Å². The van der Waals surface area contributed by atoms with Crippen LogP contribution in [0, 0.1) is 5.82 Å². The highest BCUT2D eigenvalue weighted by molar-refractivity contribution is 5.95. The zero-order chi connectivity index (χ0) is 21.6. The average Bonchev–Trinajstić information content (AvgIpc) is 3.39. The maximum atomic E-state index is 14.5. The molecule has 1 aromatic rings. The summed E-state index contributed by atoms with van der Waals surface area (Å²) in [6, 6.07) is 5.63. The van der Waals surface area contributed by atoms with E-state index in [0.29, 0.717) is 23.3 Å². The number of piperidine rings is 1. The van der Waals surface area contributed by atoms with Crippen LogP contribution in [0.25, 0.3) is 0 Å². The maximum absolute atomic E-state index is 14.5. The van der Waals surface area contributed by atoms with Gasteiger partial charge in [-0.05, 0) is 61.3 Å². The third kappa shape index (κ3) is 3.53. The molecule has 0 radical (unpaired) electrons. The van der Waals surface area contributed by atoms with E-state index >= 15 is 0 Å². The van der Waals surface area contributed by atoms with Crippen LogP contribution in [0.3, 0.4) is 0 Å². The molecule has 31 heavy (non-hydrogen) atoms. The van der Waals surface area contributed by atoms with Gasteiger partial charge in [0.15, 0.2) is 0 Å². The molecule has 3 N–H and O–H groups in total. The number of carbonyl (C=O) groups excluding carboxylic acids is 1. The van der Waals surface area contributed by atoms with Gasteiger partial charge in [0.2, 0.25) is 11.9 Å². The Morgan fingerprint density at radius 3 is 2.74 bits per heavy atom. The van der Waals surface area contributed by atoms with Gasteiger partial charge in [-0.1, -0.05) is 32.8 Å². The Morgan fingerprint density at radius 1 is 1.26 bits per heavy atom. The van der Waals surface area contributed by atoms with Gasteiger partial charge in [-0.15, -0.1) is 0 Å². The fourth-order valence-electron chi connectivity index (χ4n) is 5.79. The summed E-state index contributed by atoms with van der Waals surface area (Å²) < 4.78 is 14.5. The number of carbonyl (C=O) groups is 1. The van der Waals surface area contributed by atoms with Crippen molar-refractivity contribution in [3.8, 4) is 0 Å². The Bertz CT molecular complexity index is 936. The van der Waals surface area contributed by atoms with Crippen LogP contribution in [0.4, 0.5) is 10.1 Å². The summed E-state index contributed by atoms with van der Waals surface area (Å²) in [5, 5.41) is 9.58. The number of likely N-dealkylation sites (tertiary alicyclic amines) is 1. The van der Waals surface area contributed by atoms with Gasteiger partial charge < -0.3 is 16.0 Å². The molecule has 1 aliphatic carbocycles. The second-order valence-electron chi connectivity index (χ2n) is 9.61. The molecule has 1 amide bonds. The molecule has 2 saturated heterocycles. The minimum atomic E-state index is -0.450. The number of halogens is 1. The fraction of sp³-hybridized carbons (Fsp3) is 0.583. The summed E-state index contributed by atoms with van der Waals surface area (Å²) in [7, 11) is 0. The lowest BCUT2D eigenvalue weighted by molar-refractivity contribution is -0.135. The van der Waals surface area contributed by atoms with E-state index < -0.39 is 5.54 Å². The number of hydrogen-bond donors (Lipinski definition) is 3. The second kappa shape index (κ2) is 7.93. The van der Waals surface area contributed by atoms with Crippen molar-refractivity contribution in [1.29, 1.82) is 0 Å². The van der Waals surface area contributed by atoms with Crippen LogP contribution in [0.5, 0.6) is 0 Å². The quantitative estimate of drug-likeness (QED) is 0.689. The van der Waals surface area contributed by atoms with E-state index in [1.807, 2.05) is 32.2 Å². The van der Waals surface area contributed by atoms with Gasteiger partial charge in [0.1, 0.15) is 17.5 Å². The van der Waals surface area contributed by atoms with E-state index in [4.69, 9.17) is 4.99 Å². The minimum absolute atomic E-state index is 0.139. The minimum Gasteiger partial charge on any atom is -0.354 e. The first-order valence-electron chi connectivity index (χ1n) is 11.6. The van der Waals surface area contributed by atoms with E-state index in [1.165, 1.54) is 24.5 Å². The third-order valence-corrected chi connectivity index (χ3v) is 7.41. The Hall–Kier alpha value is -2.41. The van der Waals surface area contributed by atoms with Crippen molar-refractivity contribution in [1.82, 2.24) is 15.5 Å². The largest absolute Gasteiger partial charge is 0.354 e. The van der Waals surface area contributed by atoms with E-state index in [1.54, 1.807) is 0 Å². The lowest BCUT2D eigenvalue weighted by atomic mass is 9.80. The van der Waals surface area contributed by atoms with Gasteiger partial charge in [0.05, 0.1) is 0 Å². The Kier molecular flexibility index (Phi) is 5.24. The van der Waals surface area contributed by atoms with Crippen molar-refractivity contribution in [2.75, 3.05) is 11.9 Å². The summed E-state index contributed by atoms with van der Waals surface area (Å²) in [5.74, 6) is 0.692. The standard InChI is InChI=1S/C24H32FN5O/c1-15(2)19-8-7-17(13-20(19)25)28-23-27-14-16-9-10-24(11-12-26-22(24)31)30(21(16)29-23)18-5-3-4-6-18/h7-8,13-15,18,21H,3-6,9-12H2,1-2H3,(H,26,31)(H2,27,28,29). The highest BCUT2D eigenvalue weighted by atomic mass is 19.1. The third-order valence-electron chi connectivity index (χ3n) is 7.41. The molecule has 0 aromatic heterocycles. The number of rotatable bonds is 3. The zero-order valence-electron chi connectivity index (χ0n) is 18.4. The number of amides is 1. The van der Waals surface area contributed by atoms with Crippen LogP contribution in [-0.4, -0.2) is 41.1 Å². The van der Waals surface area contributed by atoms with Crippen molar-refractivity contribution in [3.63, 3.8) is 0 Å². The van der Waals surface area contributed by atoms with Crippen LogP contribution in [0.15, 0.2) is 35.0 Å². The summed E-state index contributed by atoms with van der Waals surface area (Å²) in [6.07, 6.45) is 9.09. The molecular weight excluding hydrogens is 393 g/mol. The molecule has 4 aliphatic rings. The molecule has 3 aliphatic heterocycles. The molecule has 1 saturated carbocycles. The molecule has 0 bridgehead atoms. The van der Waals surface area contributed by atoms with E-state index in [0.717, 1.165) is 38.6 Å². The van der Waals surface area contributed by atoms with Gasteiger partial charge in [-0.25, -0.2) is 9.38 Å². The highest BCUT2D eigenvalue weighted by Gasteiger charge is 2.55. The van der Waals surface area contributed by atoms with Gasteiger partial charge in [0, 0.05) is 24.5 Å². The number of nitrogens with zero attached hydrogens (tertiary/aromatic N) is 2. The maximum Gasteiger partial charge on any atom is 0.240 e. The summed E-state index contributed by atoms with van der Waals surface area (Å²) in [6.45, 7) is 4.71. The predicted molar refractivity (Wildman–Crippen MR) is 120 cm³/mol. The molecular formula is C24H32FN5O. The van der Waals surface area contributed by atoms with E-state index in [2.05, 4.69) is 20.9 Å². The molecule has 6 nitrogen and oxygen atoms in total. The van der Waals surface area contributed by atoms with Crippen LogP contribution in [0.1, 0.15) is 70.3 Å². The SMILES string of the molecule is CC(C)c1ccc(NC2=NC3C(=CN2)CCC2(CCNC2=O)N3C2CCCC2)cc1F. The monoisotopic (exact) mass is 425 g/mol. The number of benzene rings is 1. The van der Waals surface area contributed by atoms with Gasteiger partial charge in [-0.2, -0.15) is 0 Å². The average molecular weight is 426 g/mol. The molecule has 1 aromatic carbocycles. The van der Waals surface area contributed by atoms with E-state index in [-0.39, 0.29) is 23.8 Å². The lowest BCUT2D eigenvalue weighted by Gasteiger charge is -2.51. The highest BCUT2D eigenvalue weighted by Crippen LogP contribution is 2.45. The first-order valence-corrected chi connectivity index (χ1v) is 11.6. The first-order chi connectivity index (χ1) is 15.0. The molecule has 3 fully saturated rings. The predicted octanol–water partition coefficient (Wildman–Crippen LogP) is 3.83. The fourth-order valence-corrected chi connectivity index (χ4v) is 5.79. The zero-order valence-corrected chi connectivity index (χ0v) is 18.4. The molecule has 166 valence electrons. The van der Waals surface area contributed by atoms with Gasteiger partial charge in [0.25, 0.3) is 0 Å². The number of fused-ring (bicyclic) bond motifs is 1. The molecule has 2 unspecified atom stereocenters. The van der Waals surface area contributed by atoms with Crippen molar-refractivity contribution in [2.24, 2.45) is 4.99 Å². The number of anilines is 1. The Balaban J connectivity index is 1.44. The van der Waals surface area contributed by atoms with Crippen molar-refractivity contribution in [2.45, 2.75) is 82.5 Å². The molecule has 5 rings (SSSR count). The van der Waals surface area contributed by atoms with Crippen LogP contribution < -0.4 is 16.0 Å². The number of hydrogen-bond acceptors (Lipinski definition) is 5. The van der Waals surface area contributed by atoms with Gasteiger partial charge >= 0.3 is 0 Å². The Morgan fingerprint density at radius 2 is 2.06 bits per heavy atom. The molecule has 2 atom stereocenters. The van der Waals surface area contributed by atoms with Crippen LogP contribution >= 0.6 is 0 Å². The normalized spacial score (nSPS) is 28.9. The van der Waals surface area contributed by atoms with Crippen LogP contribution in [0.2, 0.25) is 0 Å². The van der Waals surface area contributed by atoms with Gasteiger partial charge in [-0.3, -0.25) is 9.69 Å². The second-order valence-corrected chi connectivity index (χ2v) is 9.61. The lowest BCUT2D eigenvalue weighted by Crippen LogP contribution is -2.64. The number of aliphatic imine (C=N–C) groups is 1. The molecule has 3 heterocycles.